The lowest BCUT2D eigenvalue weighted by atomic mass is 10.1. The first-order valence-corrected chi connectivity index (χ1v) is 10.7. The average molecular weight is 452 g/mol. The molecule has 10 heteroatoms. The molecule has 1 saturated heterocycles. The second-order valence-corrected chi connectivity index (χ2v) is 8.20. The second kappa shape index (κ2) is 9.90. The minimum absolute atomic E-state index is 0.00255. The zero-order valence-electron chi connectivity index (χ0n) is 15.9. The Morgan fingerprint density at radius 1 is 1.17 bits per heavy atom. The number of carbonyl (C=O) groups excluding carboxylic acids is 2. The smallest absolute Gasteiger partial charge is 0.283 e. The summed E-state index contributed by atoms with van der Waals surface area (Å²) < 4.78 is 13.9. The van der Waals surface area contributed by atoms with E-state index >= 15 is 0 Å². The first-order valence-electron chi connectivity index (χ1n) is 9.30. The number of rotatable bonds is 6. The van der Waals surface area contributed by atoms with Crippen LogP contribution in [0.4, 0.5) is 15.8 Å². The number of halogens is 2. The standard InChI is InChI=1S/C20H19ClFN3O4S/c21-14-5-6-16(15(22)11-14)23-20(27)13-4-7-18(17(10-13)25(28)29)30-12-19(26)24-8-2-1-3-9-24/h4-7,10-11H,1-3,8-9,12H2,(H,23,27). The summed E-state index contributed by atoms with van der Waals surface area (Å²) in [6.45, 7) is 1.42. The van der Waals surface area contributed by atoms with Crippen LogP contribution in [0.2, 0.25) is 5.02 Å². The van der Waals surface area contributed by atoms with Gasteiger partial charge in [0, 0.05) is 29.7 Å². The molecule has 1 aliphatic heterocycles. The summed E-state index contributed by atoms with van der Waals surface area (Å²) in [5.41, 5.74) is -0.365. The molecule has 1 fully saturated rings. The number of nitro groups is 1. The number of thioether (sulfide) groups is 1. The van der Waals surface area contributed by atoms with Crippen LogP contribution in [0, 0.1) is 15.9 Å². The molecule has 0 atom stereocenters. The fraction of sp³-hybridized carbons (Fsp3) is 0.300. The molecular weight excluding hydrogens is 433 g/mol. The van der Waals surface area contributed by atoms with Crippen molar-refractivity contribution < 1.29 is 18.9 Å². The Hall–Kier alpha value is -2.65. The molecule has 1 N–H and O–H groups in total. The molecular formula is C20H19ClFN3O4S. The van der Waals surface area contributed by atoms with Gasteiger partial charge in [0.25, 0.3) is 11.6 Å². The lowest BCUT2D eigenvalue weighted by molar-refractivity contribution is -0.387. The number of hydrogen-bond donors (Lipinski definition) is 1. The van der Waals surface area contributed by atoms with Crippen LogP contribution < -0.4 is 5.32 Å². The molecule has 0 bridgehead atoms. The molecule has 158 valence electrons. The van der Waals surface area contributed by atoms with E-state index in [1.807, 2.05) is 0 Å². The Bertz CT molecular complexity index is 983. The van der Waals surface area contributed by atoms with E-state index in [0.29, 0.717) is 18.0 Å². The van der Waals surface area contributed by atoms with E-state index in [-0.39, 0.29) is 33.6 Å². The van der Waals surface area contributed by atoms with E-state index in [4.69, 9.17) is 11.6 Å². The van der Waals surface area contributed by atoms with Crippen LogP contribution in [0.1, 0.15) is 29.6 Å². The van der Waals surface area contributed by atoms with E-state index in [2.05, 4.69) is 5.32 Å². The highest BCUT2D eigenvalue weighted by atomic mass is 35.5. The van der Waals surface area contributed by atoms with Crippen molar-refractivity contribution in [2.75, 3.05) is 24.2 Å². The van der Waals surface area contributed by atoms with E-state index in [9.17, 15) is 24.1 Å². The normalized spacial score (nSPS) is 13.7. The highest BCUT2D eigenvalue weighted by Gasteiger charge is 2.22. The van der Waals surface area contributed by atoms with E-state index in [1.165, 1.54) is 24.3 Å². The summed E-state index contributed by atoms with van der Waals surface area (Å²) in [5, 5.41) is 14.0. The van der Waals surface area contributed by atoms with E-state index < -0.39 is 16.6 Å². The van der Waals surface area contributed by atoms with Crippen molar-refractivity contribution in [3.63, 3.8) is 0 Å². The number of nitrogens with zero attached hydrogens (tertiary/aromatic N) is 2. The number of piperidine rings is 1. The predicted octanol–water partition coefficient (Wildman–Crippen LogP) is 4.74. The summed E-state index contributed by atoms with van der Waals surface area (Å²) in [4.78, 5) is 37.7. The summed E-state index contributed by atoms with van der Waals surface area (Å²) >= 11 is 6.75. The number of hydrogen-bond acceptors (Lipinski definition) is 5. The van der Waals surface area contributed by atoms with E-state index in [0.717, 1.165) is 43.2 Å². The zero-order valence-corrected chi connectivity index (χ0v) is 17.5. The van der Waals surface area contributed by atoms with E-state index in [1.54, 1.807) is 4.90 Å². The molecule has 30 heavy (non-hydrogen) atoms. The topological polar surface area (TPSA) is 92.6 Å². The van der Waals surface area contributed by atoms with Gasteiger partial charge in [0.05, 0.1) is 21.3 Å². The Kier molecular flexibility index (Phi) is 7.28. The second-order valence-electron chi connectivity index (χ2n) is 6.75. The largest absolute Gasteiger partial charge is 0.342 e. The SMILES string of the molecule is O=C(Nc1ccc(Cl)cc1F)c1ccc(SCC(=O)N2CCCCC2)c([N+](=O)[O-])c1. The predicted molar refractivity (Wildman–Crippen MR) is 114 cm³/mol. The highest BCUT2D eigenvalue weighted by Crippen LogP contribution is 2.31. The molecule has 0 aliphatic carbocycles. The number of nitrogens with one attached hydrogen (secondary N) is 1. The molecule has 3 rings (SSSR count). The maximum atomic E-state index is 13.9. The van der Waals surface area contributed by atoms with Crippen molar-refractivity contribution in [3.8, 4) is 0 Å². The molecule has 0 radical (unpaired) electrons. The van der Waals surface area contributed by atoms with Gasteiger partial charge in [0.15, 0.2) is 0 Å². The van der Waals surface area contributed by atoms with Gasteiger partial charge in [0.1, 0.15) is 5.82 Å². The lowest BCUT2D eigenvalue weighted by Gasteiger charge is -2.26. The van der Waals surface area contributed by atoms with Crippen LogP contribution in [0.25, 0.3) is 0 Å². The molecule has 0 unspecified atom stereocenters. The van der Waals surface area contributed by atoms with Gasteiger partial charge in [0.2, 0.25) is 5.91 Å². The molecule has 2 aromatic rings. The monoisotopic (exact) mass is 451 g/mol. The molecule has 2 amide bonds. The molecule has 1 aliphatic rings. The fourth-order valence-electron chi connectivity index (χ4n) is 3.08. The van der Waals surface area contributed by atoms with Gasteiger partial charge in [-0.2, -0.15) is 0 Å². The minimum atomic E-state index is -0.714. The van der Waals surface area contributed by atoms with Crippen molar-refractivity contribution in [1.82, 2.24) is 4.90 Å². The Labute approximate surface area is 181 Å². The minimum Gasteiger partial charge on any atom is -0.342 e. The lowest BCUT2D eigenvalue weighted by Crippen LogP contribution is -2.36. The van der Waals surface area contributed by atoms with Crippen LogP contribution in [0.15, 0.2) is 41.3 Å². The number of carbonyl (C=O) groups is 2. The Morgan fingerprint density at radius 2 is 1.90 bits per heavy atom. The summed E-state index contributed by atoms with van der Waals surface area (Å²) in [6.07, 6.45) is 3.04. The van der Waals surface area contributed by atoms with Crippen molar-refractivity contribution in [1.29, 1.82) is 0 Å². The number of benzene rings is 2. The maximum absolute atomic E-state index is 13.9. The Morgan fingerprint density at radius 3 is 2.57 bits per heavy atom. The number of nitro benzene ring substituents is 1. The number of amides is 2. The van der Waals surface area contributed by atoms with Gasteiger partial charge in [-0.15, -0.1) is 11.8 Å². The first kappa shape index (κ1) is 22.0. The first-order chi connectivity index (χ1) is 14.3. The zero-order chi connectivity index (χ0) is 21.7. The number of anilines is 1. The van der Waals surface area contributed by atoms with Crippen molar-refractivity contribution >= 4 is 46.6 Å². The third-order valence-corrected chi connectivity index (χ3v) is 5.94. The molecule has 0 spiro atoms. The van der Waals surface area contributed by atoms with Crippen LogP contribution in [0.5, 0.6) is 0 Å². The molecule has 1 heterocycles. The van der Waals surface area contributed by atoms with Gasteiger partial charge >= 0.3 is 0 Å². The van der Waals surface area contributed by atoms with Gasteiger partial charge in [-0.25, -0.2) is 4.39 Å². The molecule has 2 aromatic carbocycles. The Balaban J connectivity index is 1.71. The van der Waals surface area contributed by atoms with Crippen LogP contribution >= 0.6 is 23.4 Å². The van der Waals surface area contributed by atoms with Crippen molar-refractivity contribution in [3.05, 3.63) is 62.9 Å². The van der Waals surface area contributed by atoms with Crippen LogP contribution in [-0.4, -0.2) is 40.5 Å². The maximum Gasteiger partial charge on any atom is 0.283 e. The van der Waals surface area contributed by atoms with Crippen molar-refractivity contribution in [2.24, 2.45) is 0 Å². The third-order valence-electron chi connectivity index (χ3n) is 4.66. The van der Waals surface area contributed by atoms with Crippen LogP contribution in [-0.2, 0) is 4.79 Å². The van der Waals surface area contributed by atoms with Crippen molar-refractivity contribution in [2.45, 2.75) is 24.2 Å². The number of likely N-dealkylation sites (tertiary alicyclic amines) is 1. The average Bonchev–Trinajstić information content (AvgIpc) is 2.74. The van der Waals surface area contributed by atoms with Gasteiger partial charge < -0.3 is 10.2 Å². The van der Waals surface area contributed by atoms with Crippen LogP contribution in [0.3, 0.4) is 0 Å². The van der Waals surface area contributed by atoms with Gasteiger partial charge in [-0.3, -0.25) is 19.7 Å². The fourth-order valence-corrected chi connectivity index (χ4v) is 4.15. The summed E-state index contributed by atoms with van der Waals surface area (Å²) in [5.74, 6) is -1.38. The van der Waals surface area contributed by atoms with Gasteiger partial charge in [-0.05, 0) is 49.6 Å². The third kappa shape index (κ3) is 5.48. The quantitative estimate of drug-likeness (QED) is 0.389. The summed E-state index contributed by atoms with van der Waals surface area (Å²) in [7, 11) is 0. The molecule has 0 aromatic heterocycles. The van der Waals surface area contributed by atoms with Gasteiger partial charge in [-0.1, -0.05) is 11.6 Å². The highest BCUT2D eigenvalue weighted by molar-refractivity contribution is 8.00. The summed E-state index contributed by atoms with van der Waals surface area (Å²) in [6, 6.07) is 7.74. The molecule has 0 saturated carbocycles. The molecule has 7 nitrogen and oxygen atoms in total.